The van der Waals surface area contributed by atoms with Crippen molar-refractivity contribution < 1.29 is 4.74 Å². The number of unbranched alkanes of at least 4 members (excludes halogenated alkanes) is 1. The number of hydrogen-bond donors (Lipinski definition) is 2. The van der Waals surface area contributed by atoms with Gasteiger partial charge in [-0.1, -0.05) is 26.7 Å². The van der Waals surface area contributed by atoms with Crippen LogP contribution < -0.4 is 10.6 Å². The summed E-state index contributed by atoms with van der Waals surface area (Å²) >= 11 is 0. The molecule has 0 heterocycles. The minimum Gasteiger partial charge on any atom is -0.382 e. The molecule has 5 heteroatoms. The highest BCUT2D eigenvalue weighted by Gasteiger charge is 2.05. The van der Waals surface area contributed by atoms with Gasteiger partial charge in [-0.15, -0.1) is 24.0 Å². The zero-order chi connectivity index (χ0) is 15.9. The standard InChI is InChI=1S/C17H37N3O.HI/c1-6-18-17(19-13-8-9-14-21-7-2)20-16(5)12-10-11-15(3)4;/h15-16H,6-14H2,1-5H3,(H2,18,19,20);1H. The first-order valence-corrected chi connectivity index (χ1v) is 8.72. The Bertz CT molecular complexity index is 260. The molecule has 0 aliphatic heterocycles. The number of nitrogens with one attached hydrogen (secondary N) is 2. The highest BCUT2D eigenvalue weighted by Crippen LogP contribution is 2.08. The third kappa shape index (κ3) is 16.3. The molecule has 2 N–H and O–H groups in total. The number of ether oxygens (including phenoxy) is 1. The van der Waals surface area contributed by atoms with Gasteiger partial charge in [0, 0.05) is 32.3 Å². The molecule has 0 aromatic rings. The Balaban J connectivity index is 0. The Morgan fingerprint density at radius 1 is 1.05 bits per heavy atom. The average Bonchev–Trinajstić information content (AvgIpc) is 2.42. The second-order valence-corrected chi connectivity index (χ2v) is 6.03. The lowest BCUT2D eigenvalue weighted by Crippen LogP contribution is -2.42. The fourth-order valence-electron chi connectivity index (χ4n) is 2.11. The summed E-state index contributed by atoms with van der Waals surface area (Å²) in [5.74, 6) is 1.75. The van der Waals surface area contributed by atoms with Crippen LogP contribution in [-0.2, 0) is 4.74 Å². The fraction of sp³-hybridized carbons (Fsp3) is 0.941. The van der Waals surface area contributed by atoms with E-state index in [0.29, 0.717) is 6.04 Å². The van der Waals surface area contributed by atoms with Gasteiger partial charge in [-0.05, 0) is 46.0 Å². The first-order valence-electron chi connectivity index (χ1n) is 8.72. The maximum absolute atomic E-state index is 5.34. The first-order chi connectivity index (χ1) is 10.1. The zero-order valence-corrected chi connectivity index (χ0v) is 17.6. The Hall–Kier alpha value is -0.0400. The van der Waals surface area contributed by atoms with E-state index >= 15 is 0 Å². The molecule has 0 fully saturated rings. The molecule has 0 aliphatic carbocycles. The Morgan fingerprint density at radius 3 is 2.36 bits per heavy atom. The average molecular weight is 427 g/mol. The van der Waals surface area contributed by atoms with E-state index in [-0.39, 0.29) is 24.0 Å². The predicted octanol–water partition coefficient (Wildman–Crippen LogP) is 4.19. The number of halogens is 1. The molecule has 134 valence electrons. The highest BCUT2D eigenvalue weighted by molar-refractivity contribution is 14.0. The second kappa shape index (κ2) is 17.3. The highest BCUT2D eigenvalue weighted by atomic mass is 127. The van der Waals surface area contributed by atoms with Gasteiger partial charge in [-0.3, -0.25) is 4.99 Å². The molecule has 0 aromatic heterocycles. The summed E-state index contributed by atoms with van der Waals surface area (Å²) in [6.07, 6.45) is 5.95. The van der Waals surface area contributed by atoms with Gasteiger partial charge < -0.3 is 15.4 Å². The van der Waals surface area contributed by atoms with Gasteiger partial charge in [0.05, 0.1) is 0 Å². The summed E-state index contributed by atoms with van der Waals surface area (Å²) in [5, 5.41) is 6.82. The third-order valence-electron chi connectivity index (χ3n) is 3.32. The Kier molecular flexibility index (Phi) is 19.1. The van der Waals surface area contributed by atoms with Crippen LogP contribution in [0.1, 0.15) is 66.7 Å². The van der Waals surface area contributed by atoms with Crippen LogP contribution in [0.3, 0.4) is 0 Å². The molecule has 0 aromatic carbocycles. The van der Waals surface area contributed by atoms with Gasteiger partial charge in [-0.25, -0.2) is 0 Å². The lowest BCUT2D eigenvalue weighted by Gasteiger charge is -2.18. The van der Waals surface area contributed by atoms with E-state index in [2.05, 4.69) is 43.3 Å². The normalized spacial score (nSPS) is 12.9. The van der Waals surface area contributed by atoms with Gasteiger partial charge in [0.2, 0.25) is 0 Å². The number of nitrogens with zero attached hydrogens (tertiary/aromatic N) is 1. The largest absolute Gasteiger partial charge is 0.382 e. The van der Waals surface area contributed by atoms with E-state index in [4.69, 9.17) is 4.74 Å². The van der Waals surface area contributed by atoms with Gasteiger partial charge in [0.1, 0.15) is 0 Å². The summed E-state index contributed by atoms with van der Waals surface area (Å²) in [7, 11) is 0. The number of aliphatic imine (C=N–C) groups is 1. The van der Waals surface area contributed by atoms with Crippen molar-refractivity contribution in [2.24, 2.45) is 10.9 Å². The molecular formula is C17H38IN3O. The smallest absolute Gasteiger partial charge is 0.191 e. The van der Waals surface area contributed by atoms with Gasteiger partial charge in [-0.2, -0.15) is 0 Å². The monoisotopic (exact) mass is 427 g/mol. The van der Waals surface area contributed by atoms with Crippen LogP contribution in [0, 0.1) is 5.92 Å². The summed E-state index contributed by atoms with van der Waals surface area (Å²) < 4.78 is 5.34. The molecule has 0 rings (SSSR count). The molecule has 0 saturated heterocycles. The van der Waals surface area contributed by atoms with Crippen LogP contribution in [0.15, 0.2) is 4.99 Å². The van der Waals surface area contributed by atoms with Crippen LogP contribution in [0.5, 0.6) is 0 Å². The second-order valence-electron chi connectivity index (χ2n) is 6.03. The quantitative estimate of drug-likeness (QED) is 0.213. The van der Waals surface area contributed by atoms with Gasteiger partial charge in [0.15, 0.2) is 5.96 Å². The summed E-state index contributed by atoms with van der Waals surface area (Å²) in [4.78, 5) is 4.63. The Morgan fingerprint density at radius 2 is 1.77 bits per heavy atom. The van der Waals surface area contributed by atoms with Crippen molar-refractivity contribution in [3.8, 4) is 0 Å². The minimum atomic E-state index is 0. The molecule has 0 radical (unpaired) electrons. The molecule has 0 spiro atoms. The lowest BCUT2D eigenvalue weighted by molar-refractivity contribution is 0.144. The van der Waals surface area contributed by atoms with E-state index in [9.17, 15) is 0 Å². The van der Waals surface area contributed by atoms with Gasteiger partial charge in [0.25, 0.3) is 0 Å². The van der Waals surface area contributed by atoms with E-state index in [0.717, 1.165) is 51.0 Å². The molecular weight excluding hydrogens is 389 g/mol. The summed E-state index contributed by atoms with van der Waals surface area (Å²) in [6, 6.07) is 0.477. The minimum absolute atomic E-state index is 0. The summed E-state index contributed by atoms with van der Waals surface area (Å²) in [5.41, 5.74) is 0. The van der Waals surface area contributed by atoms with Gasteiger partial charge >= 0.3 is 0 Å². The zero-order valence-electron chi connectivity index (χ0n) is 15.3. The van der Waals surface area contributed by atoms with Crippen LogP contribution in [0.4, 0.5) is 0 Å². The summed E-state index contributed by atoms with van der Waals surface area (Å²) in [6.45, 7) is 14.4. The molecule has 0 bridgehead atoms. The molecule has 0 saturated carbocycles. The van der Waals surface area contributed by atoms with Crippen LogP contribution in [0.25, 0.3) is 0 Å². The Labute approximate surface area is 155 Å². The first kappa shape index (κ1) is 24.2. The third-order valence-corrected chi connectivity index (χ3v) is 3.32. The van der Waals surface area contributed by atoms with E-state index in [1.165, 1.54) is 19.3 Å². The van der Waals surface area contributed by atoms with Crippen molar-refractivity contribution in [1.29, 1.82) is 0 Å². The molecule has 22 heavy (non-hydrogen) atoms. The van der Waals surface area contributed by atoms with Crippen molar-refractivity contribution >= 4 is 29.9 Å². The van der Waals surface area contributed by atoms with Crippen LogP contribution in [0.2, 0.25) is 0 Å². The molecule has 0 aliphatic rings. The van der Waals surface area contributed by atoms with Crippen molar-refractivity contribution in [1.82, 2.24) is 10.6 Å². The number of rotatable bonds is 12. The van der Waals surface area contributed by atoms with E-state index in [1.807, 2.05) is 6.92 Å². The molecule has 1 atom stereocenters. The fourth-order valence-corrected chi connectivity index (χ4v) is 2.11. The molecule has 0 amide bonds. The maximum Gasteiger partial charge on any atom is 0.191 e. The SMILES string of the molecule is CCNC(=NCCCCOCC)NC(C)CCCC(C)C.I. The topological polar surface area (TPSA) is 45.7 Å². The predicted molar refractivity (Wildman–Crippen MR) is 108 cm³/mol. The van der Waals surface area contributed by atoms with E-state index in [1.54, 1.807) is 0 Å². The van der Waals surface area contributed by atoms with E-state index < -0.39 is 0 Å². The lowest BCUT2D eigenvalue weighted by atomic mass is 10.0. The van der Waals surface area contributed by atoms with Crippen molar-refractivity contribution in [2.45, 2.75) is 72.8 Å². The molecule has 4 nitrogen and oxygen atoms in total. The van der Waals surface area contributed by atoms with Crippen LogP contribution >= 0.6 is 24.0 Å². The number of guanidine groups is 1. The van der Waals surface area contributed by atoms with Crippen molar-refractivity contribution in [2.75, 3.05) is 26.3 Å². The van der Waals surface area contributed by atoms with Crippen molar-refractivity contribution in [3.63, 3.8) is 0 Å². The molecule has 1 unspecified atom stereocenters. The number of hydrogen-bond acceptors (Lipinski definition) is 2. The van der Waals surface area contributed by atoms with Crippen molar-refractivity contribution in [3.05, 3.63) is 0 Å². The van der Waals surface area contributed by atoms with Crippen LogP contribution in [-0.4, -0.2) is 38.3 Å². The maximum atomic E-state index is 5.34.